The molecule has 3 rings (SSSR count). The summed E-state index contributed by atoms with van der Waals surface area (Å²) >= 11 is 6.56. The summed E-state index contributed by atoms with van der Waals surface area (Å²) in [5.41, 5.74) is 4.26. The van der Waals surface area contributed by atoms with E-state index in [0.29, 0.717) is 17.3 Å². The van der Waals surface area contributed by atoms with Gasteiger partial charge in [0.25, 0.3) is 0 Å². The van der Waals surface area contributed by atoms with Crippen LogP contribution in [0, 0.1) is 0 Å². The molecule has 0 radical (unpaired) electrons. The van der Waals surface area contributed by atoms with Crippen molar-refractivity contribution in [2.24, 2.45) is 0 Å². The number of alkyl halides is 1. The lowest BCUT2D eigenvalue weighted by Crippen LogP contribution is -2.29. The highest BCUT2D eigenvalue weighted by Crippen LogP contribution is 2.36. The smallest absolute Gasteiger partial charge is 0.0404 e. The Kier molecular flexibility index (Phi) is 7.16. The van der Waals surface area contributed by atoms with E-state index in [2.05, 4.69) is 73.5 Å². The molecule has 2 aromatic carbocycles. The summed E-state index contributed by atoms with van der Waals surface area (Å²) in [5.74, 6) is 0.551. The Morgan fingerprint density at radius 2 is 1.65 bits per heavy atom. The fraction of sp³-hybridized carbons (Fsp3) is 0.500. The van der Waals surface area contributed by atoms with Crippen molar-refractivity contribution in [3.05, 3.63) is 71.3 Å². The van der Waals surface area contributed by atoms with Crippen molar-refractivity contribution in [1.82, 2.24) is 4.90 Å². The van der Waals surface area contributed by atoms with E-state index in [1.54, 1.807) is 0 Å². The minimum absolute atomic E-state index is 0.321. The quantitative estimate of drug-likeness (QED) is 0.510. The van der Waals surface area contributed by atoms with Gasteiger partial charge in [0.15, 0.2) is 0 Å². The van der Waals surface area contributed by atoms with Crippen LogP contribution < -0.4 is 0 Å². The summed E-state index contributed by atoms with van der Waals surface area (Å²) in [7, 11) is 2.23. The van der Waals surface area contributed by atoms with Gasteiger partial charge in [-0.15, -0.1) is 11.6 Å². The van der Waals surface area contributed by atoms with Gasteiger partial charge in [-0.25, -0.2) is 0 Å². The molecule has 0 aliphatic heterocycles. The van der Waals surface area contributed by atoms with E-state index in [0.717, 1.165) is 13.0 Å². The first-order valence-electron chi connectivity index (χ1n) is 10.1. The average molecular weight is 370 g/mol. The molecule has 0 spiro atoms. The number of rotatable bonds is 7. The van der Waals surface area contributed by atoms with Crippen LogP contribution in [-0.4, -0.2) is 23.4 Å². The van der Waals surface area contributed by atoms with Crippen LogP contribution in [0.1, 0.15) is 61.6 Å². The van der Waals surface area contributed by atoms with E-state index in [-0.39, 0.29) is 0 Å². The van der Waals surface area contributed by atoms with Crippen LogP contribution in [-0.2, 0) is 13.0 Å². The molecule has 0 heterocycles. The van der Waals surface area contributed by atoms with Crippen molar-refractivity contribution in [3.63, 3.8) is 0 Å². The van der Waals surface area contributed by atoms with E-state index in [9.17, 15) is 0 Å². The van der Waals surface area contributed by atoms with Crippen molar-refractivity contribution in [2.75, 3.05) is 7.05 Å². The van der Waals surface area contributed by atoms with Gasteiger partial charge in [0.1, 0.15) is 0 Å². The Labute approximate surface area is 164 Å². The largest absolute Gasteiger partial charge is 0.299 e. The van der Waals surface area contributed by atoms with Crippen LogP contribution in [0.3, 0.4) is 0 Å². The number of halogens is 1. The highest BCUT2D eigenvalue weighted by Gasteiger charge is 2.24. The van der Waals surface area contributed by atoms with Gasteiger partial charge in [0.05, 0.1) is 0 Å². The number of benzene rings is 2. The maximum Gasteiger partial charge on any atom is 0.0404 e. The highest BCUT2D eigenvalue weighted by atomic mass is 35.5. The van der Waals surface area contributed by atoms with Crippen molar-refractivity contribution in [2.45, 2.75) is 69.3 Å². The summed E-state index contributed by atoms with van der Waals surface area (Å²) < 4.78 is 0. The molecule has 1 aliphatic rings. The molecule has 0 bridgehead atoms. The lowest BCUT2D eigenvalue weighted by molar-refractivity contribution is 0.238. The molecule has 0 N–H and O–H groups in total. The molecular weight excluding hydrogens is 338 g/mol. The second-order valence-corrected chi connectivity index (χ2v) is 8.50. The first-order chi connectivity index (χ1) is 12.6. The normalized spacial score (nSPS) is 21.7. The predicted molar refractivity (Wildman–Crippen MR) is 113 cm³/mol. The fourth-order valence-electron chi connectivity index (χ4n) is 4.02. The Hall–Kier alpha value is -1.31. The van der Waals surface area contributed by atoms with E-state index in [1.165, 1.54) is 48.8 Å². The standard InChI is InChI=1S/C24H32ClN/c1-19(26(2)18-21-8-4-3-5-9-21)12-13-20-14-16-22(17-15-20)23-10-6-7-11-24(23)25/h3-5,8-9,14-17,19,23-24H,6-7,10-13,18H2,1-2H3. The number of nitrogens with zero attached hydrogens (tertiary/aromatic N) is 1. The van der Waals surface area contributed by atoms with Gasteiger partial charge in [-0.05, 0) is 56.3 Å². The first-order valence-corrected chi connectivity index (χ1v) is 10.5. The molecule has 26 heavy (non-hydrogen) atoms. The maximum absolute atomic E-state index is 6.56. The second-order valence-electron chi connectivity index (χ2n) is 7.94. The molecule has 1 saturated carbocycles. The van der Waals surface area contributed by atoms with Gasteiger partial charge in [-0.3, -0.25) is 4.90 Å². The third-order valence-electron chi connectivity index (χ3n) is 5.97. The third kappa shape index (κ3) is 5.34. The van der Waals surface area contributed by atoms with Gasteiger partial charge < -0.3 is 0 Å². The Balaban J connectivity index is 1.49. The van der Waals surface area contributed by atoms with Gasteiger partial charge in [0, 0.05) is 23.9 Å². The van der Waals surface area contributed by atoms with Gasteiger partial charge in [-0.2, -0.15) is 0 Å². The Morgan fingerprint density at radius 3 is 2.35 bits per heavy atom. The van der Waals surface area contributed by atoms with Crippen LogP contribution >= 0.6 is 11.6 Å². The van der Waals surface area contributed by atoms with Crippen molar-refractivity contribution in [1.29, 1.82) is 0 Å². The number of hydrogen-bond acceptors (Lipinski definition) is 1. The van der Waals surface area contributed by atoms with E-state index >= 15 is 0 Å². The zero-order valence-corrected chi connectivity index (χ0v) is 17.0. The summed E-state index contributed by atoms with van der Waals surface area (Å²) in [5, 5.41) is 0.321. The average Bonchev–Trinajstić information content (AvgIpc) is 2.68. The maximum atomic E-state index is 6.56. The second kappa shape index (κ2) is 9.58. The molecule has 1 fully saturated rings. The number of hydrogen-bond donors (Lipinski definition) is 0. The Bertz CT molecular complexity index is 652. The van der Waals surface area contributed by atoms with Gasteiger partial charge in [-0.1, -0.05) is 67.4 Å². The Morgan fingerprint density at radius 1 is 0.962 bits per heavy atom. The molecule has 3 unspecified atom stereocenters. The lowest BCUT2D eigenvalue weighted by Gasteiger charge is -2.27. The summed E-state index contributed by atoms with van der Waals surface area (Å²) in [6.07, 6.45) is 7.34. The fourth-order valence-corrected chi connectivity index (χ4v) is 4.44. The van der Waals surface area contributed by atoms with E-state index < -0.39 is 0 Å². The van der Waals surface area contributed by atoms with Gasteiger partial charge >= 0.3 is 0 Å². The predicted octanol–water partition coefficient (Wildman–Crippen LogP) is 6.40. The highest BCUT2D eigenvalue weighted by molar-refractivity contribution is 6.21. The molecule has 0 aromatic heterocycles. The van der Waals surface area contributed by atoms with Crippen LogP contribution in [0.15, 0.2) is 54.6 Å². The molecule has 140 valence electrons. The molecule has 2 aromatic rings. The van der Waals surface area contributed by atoms with Gasteiger partial charge in [0.2, 0.25) is 0 Å². The third-order valence-corrected chi connectivity index (χ3v) is 6.49. The zero-order chi connectivity index (χ0) is 18.4. The minimum Gasteiger partial charge on any atom is -0.299 e. The van der Waals surface area contributed by atoms with Crippen molar-refractivity contribution >= 4 is 11.6 Å². The summed E-state index contributed by atoms with van der Waals surface area (Å²) in [4.78, 5) is 2.45. The van der Waals surface area contributed by atoms with E-state index in [4.69, 9.17) is 11.6 Å². The molecule has 0 saturated heterocycles. The van der Waals surface area contributed by atoms with E-state index in [1.807, 2.05) is 0 Å². The molecular formula is C24H32ClN. The lowest BCUT2D eigenvalue weighted by atomic mass is 9.83. The molecule has 3 atom stereocenters. The van der Waals surface area contributed by atoms with Crippen molar-refractivity contribution < 1.29 is 0 Å². The topological polar surface area (TPSA) is 3.24 Å². The van der Waals surface area contributed by atoms with Crippen LogP contribution in [0.4, 0.5) is 0 Å². The number of aryl methyl sites for hydroxylation is 1. The zero-order valence-electron chi connectivity index (χ0n) is 16.2. The van der Waals surface area contributed by atoms with Crippen LogP contribution in [0.2, 0.25) is 0 Å². The summed E-state index contributed by atoms with van der Waals surface area (Å²) in [6.45, 7) is 3.34. The van der Waals surface area contributed by atoms with Crippen LogP contribution in [0.25, 0.3) is 0 Å². The monoisotopic (exact) mass is 369 g/mol. The summed E-state index contributed by atoms with van der Waals surface area (Å²) in [6, 6.07) is 20.6. The molecule has 0 amide bonds. The first kappa shape index (κ1) is 19.5. The minimum atomic E-state index is 0.321. The van der Waals surface area contributed by atoms with Crippen molar-refractivity contribution in [3.8, 4) is 0 Å². The van der Waals surface area contributed by atoms with Crippen LogP contribution in [0.5, 0.6) is 0 Å². The molecule has 1 nitrogen and oxygen atoms in total. The SMILES string of the molecule is CC(CCc1ccc(C2CCCCC2Cl)cc1)N(C)Cc1ccccc1. The molecule has 2 heteroatoms. The molecule has 1 aliphatic carbocycles.